The van der Waals surface area contributed by atoms with E-state index in [0.29, 0.717) is 22.4 Å². The normalized spacial score (nSPS) is 14.3. The van der Waals surface area contributed by atoms with Crippen molar-refractivity contribution in [3.8, 4) is 16.9 Å². The van der Waals surface area contributed by atoms with Gasteiger partial charge in [0.05, 0.1) is 23.1 Å². The third-order valence-corrected chi connectivity index (χ3v) is 6.77. The van der Waals surface area contributed by atoms with Gasteiger partial charge in [0.15, 0.2) is 0 Å². The van der Waals surface area contributed by atoms with Gasteiger partial charge in [0.25, 0.3) is 5.91 Å². The quantitative estimate of drug-likeness (QED) is 0.345. The van der Waals surface area contributed by atoms with Crippen molar-refractivity contribution in [1.29, 1.82) is 0 Å². The summed E-state index contributed by atoms with van der Waals surface area (Å²) in [5.41, 5.74) is 0.977. The molecule has 5 rings (SSSR count). The third-order valence-electron chi connectivity index (χ3n) is 6.77. The molecule has 200 valence electrons. The maximum absolute atomic E-state index is 14.4. The van der Waals surface area contributed by atoms with Crippen molar-refractivity contribution in [2.75, 3.05) is 16.3 Å². The number of alkyl halides is 3. The number of aryl methyl sites for hydroxylation is 1. The van der Waals surface area contributed by atoms with Gasteiger partial charge in [0.1, 0.15) is 5.75 Å². The van der Waals surface area contributed by atoms with Gasteiger partial charge in [0.2, 0.25) is 5.91 Å². The molecule has 0 unspecified atom stereocenters. The van der Waals surface area contributed by atoms with Crippen LogP contribution in [0.1, 0.15) is 34.8 Å². The number of amides is 2. The average Bonchev–Trinajstić information content (AvgIpc) is 3.33. The Morgan fingerprint density at radius 3 is 2.36 bits per heavy atom. The van der Waals surface area contributed by atoms with Crippen LogP contribution in [0, 0.1) is 0 Å². The Labute approximate surface area is 222 Å². The fourth-order valence-corrected chi connectivity index (χ4v) is 4.99. The zero-order valence-corrected chi connectivity index (χ0v) is 21.2. The van der Waals surface area contributed by atoms with Crippen molar-refractivity contribution in [2.45, 2.75) is 25.9 Å². The number of para-hydroxylation sites is 1. The van der Waals surface area contributed by atoms with Crippen LogP contribution in [-0.2, 0) is 24.4 Å². The van der Waals surface area contributed by atoms with Gasteiger partial charge < -0.3 is 10.0 Å². The van der Waals surface area contributed by atoms with E-state index in [1.165, 1.54) is 28.0 Å². The lowest BCUT2D eigenvalue weighted by atomic mass is 9.91. The summed E-state index contributed by atoms with van der Waals surface area (Å²) in [6.45, 7) is 1.90. The fourth-order valence-electron chi connectivity index (χ4n) is 4.99. The van der Waals surface area contributed by atoms with Crippen molar-refractivity contribution in [3.63, 3.8) is 0 Å². The highest BCUT2D eigenvalue weighted by molar-refractivity contribution is 6.15. The number of carbonyl (C=O) groups is 2. The van der Waals surface area contributed by atoms with Gasteiger partial charge >= 0.3 is 6.18 Å². The van der Waals surface area contributed by atoms with Gasteiger partial charge in [-0.3, -0.25) is 19.2 Å². The van der Waals surface area contributed by atoms with Gasteiger partial charge in [-0.2, -0.15) is 18.3 Å². The molecule has 0 saturated carbocycles. The first-order valence-corrected chi connectivity index (χ1v) is 12.3. The van der Waals surface area contributed by atoms with Crippen molar-refractivity contribution in [1.82, 2.24) is 9.78 Å². The molecule has 0 fully saturated rings. The predicted octanol–water partition coefficient (Wildman–Crippen LogP) is 6.09. The number of hydrogen-bond acceptors (Lipinski definition) is 4. The monoisotopic (exact) mass is 534 g/mol. The number of halogens is 3. The Morgan fingerprint density at radius 1 is 0.974 bits per heavy atom. The van der Waals surface area contributed by atoms with Crippen LogP contribution < -0.4 is 9.80 Å². The molecule has 0 spiro atoms. The minimum Gasteiger partial charge on any atom is -0.507 e. The largest absolute Gasteiger partial charge is 0.507 e. The van der Waals surface area contributed by atoms with Gasteiger partial charge in [-0.05, 0) is 61.4 Å². The van der Waals surface area contributed by atoms with Crippen LogP contribution in [-0.4, -0.2) is 33.2 Å². The minimum absolute atomic E-state index is 0.0311. The Kier molecular flexibility index (Phi) is 6.63. The number of nitrogens with zero attached hydrogens (tertiary/aromatic N) is 4. The maximum Gasteiger partial charge on any atom is 0.416 e. The van der Waals surface area contributed by atoms with E-state index >= 15 is 0 Å². The standard InChI is InChI=1S/C29H25F3N4O3/c1-3-35-23-12-9-19(29(30,31)32)15-24(23)36(20-7-5-4-6-8-20)28(39)22-10-13-25(37)27(18-16-33-34(2)17-18)21(22)11-14-26(35)38/h4-10,12-13,15-17,37H,3,11,14H2,1-2H3. The molecule has 3 aromatic carbocycles. The molecule has 0 aliphatic carbocycles. The first-order valence-electron chi connectivity index (χ1n) is 12.3. The molecule has 1 aromatic heterocycles. The maximum atomic E-state index is 14.4. The number of carbonyl (C=O) groups excluding carboxylic acids is 2. The minimum atomic E-state index is -4.67. The molecule has 0 radical (unpaired) electrons. The Morgan fingerprint density at radius 2 is 1.72 bits per heavy atom. The zero-order valence-electron chi connectivity index (χ0n) is 21.2. The van der Waals surface area contributed by atoms with Crippen LogP contribution in [0.15, 0.2) is 73.1 Å². The summed E-state index contributed by atoms with van der Waals surface area (Å²) in [4.78, 5) is 30.5. The summed E-state index contributed by atoms with van der Waals surface area (Å²) < 4.78 is 43.2. The lowest BCUT2D eigenvalue weighted by Crippen LogP contribution is -2.36. The van der Waals surface area contributed by atoms with E-state index in [4.69, 9.17) is 0 Å². The number of aromatic hydroxyl groups is 1. The Balaban J connectivity index is 1.84. The van der Waals surface area contributed by atoms with Crippen LogP contribution in [0.25, 0.3) is 11.1 Å². The van der Waals surface area contributed by atoms with Crippen LogP contribution in [0.4, 0.5) is 30.2 Å². The zero-order chi connectivity index (χ0) is 27.9. The molecule has 4 aromatic rings. The molecule has 0 atom stereocenters. The highest BCUT2D eigenvalue weighted by Crippen LogP contribution is 2.43. The highest BCUT2D eigenvalue weighted by Gasteiger charge is 2.36. The molecular formula is C29H25F3N4O3. The number of fused-ring (bicyclic) bond motifs is 2. The molecule has 2 amide bonds. The third kappa shape index (κ3) is 4.73. The van der Waals surface area contributed by atoms with Crippen molar-refractivity contribution in [3.05, 3.63) is 89.7 Å². The summed E-state index contributed by atoms with van der Waals surface area (Å²) in [6.07, 6.45) is -1.37. The first-order chi connectivity index (χ1) is 18.6. The smallest absolute Gasteiger partial charge is 0.416 e. The number of aromatic nitrogens is 2. The summed E-state index contributed by atoms with van der Waals surface area (Å²) in [6, 6.07) is 14.2. The van der Waals surface area contributed by atoms with Crippen molar-refractivity contribution < 1.29 is 27.9 Å². The van der Waals surface area contributed by atoms with Crippen LogP contribution in [0.5, 0.6) is 5.75 Å². The number of phenolic OH excluding ortho intramolecular Hbond substituents is 1. The van der Waals surface area contributed by atoms with Crippen LogP contribution >= 0.6 is 0 Å². The topological polar surface area (TPSA) is 78.7 Å². The number of hydrogen-bond donors (Lipinski definition) is 1. The highest BCUT2D eigenvalue weighted by atomic mass is 19.4. The number of phenols is 1. The molecule has 39 heavy (non-hydrogen) atoms. The van der Waals surface area contributed by atoms with Gasteiger partial charge in [-0.1, -0.05) is 18.2 Å². The SMILES string of the molecule is CCN1C(=O)CCc2c(ccc(O)c2-c2cnn(C)c2)C(=O)N(c2ccccc2)c2cc(C(F)(F)F)ccc21. The molecule has 0 bridgehead atoms. The Hall–Kier alpha value is -4.60. The van der Waals surface area contributed by atoms with E-state index in [9.17, 15) is 27.9 Å². The number of anilines is 3. The molecule has 10 heteroatoms. The van der Waals surface area contributed by atoms with Gasteiger partial charge in [-0.25, -0.2) is 0 Å². The second-order valence-electron chi connectivity index (χ2n) is 9.20. The lowest BCUT2D eigenvalue weighted by molar-refractivity contribution is -0.137. The van der Waals surface area contributed by atoms with E-state index in [2.05, 4.69) is 5.10 Å². The average molecular weight is 535 g/mol. The molecular weight excluding hydrogens is 509 g/mol. The molecule has 1 aliphatic heterocycles. The van der Waals surface area contributed by atoms with E-state index in [1.54, 1.807) is 61.4 Å². The second kappa shape index (κ2) is 9.94. The molecule has 1 N–H and O–H groups in total. The van der Waals surface area contributed by atoms with E-state index in [0.717, 1.165) is 12.1 Å². The molecule has 7 nitrogen and oxygen atoms in total. The fraction of sp³-hybridized carbons (Fsp3) is 0.207. The summed E-state index contributed by atoms with van der Waals surface area (Å²) in [7, 11) is 1.71. The van der Waals surface area contributed by atoms with E-state index in [-0.39, 0.29) is 48.0 Å². The van der Waals surface area contributed by atoms with Gasteiger partial charge in [0, 0.05) is 48.6 Å². The predicted molar refractivity (Wildman–Crippen MR) is 141 cm³/mol. The van der Waals surface area contributed by atoms with Crippen molar-refractivity contribution in [2.24, 2.45) is 7.05 Å². The second-order valence-corrected chi connectivity index (χ2v) is 9.20. The number of rotatable bonds is 3. The summed E-state index contributed by atoms with van der Waals surface area (Å²) >= 11 is 0. The first kappa shape index (κ1) is 26.0. The lowest BCUT2D eigenvalue weighted by Gasteiger charge is -2.32. The van der Waals surface area contributed by atoms with E-state index < -0.39 is 17.6 Å². The van der Waals surface area contributed by atoms with Gasteiger partial charge in [-0.15, -0.1) is 0 Å². The Bertz CT molecular complexity index is 1560. The molecule has 1 aliphatic rings. The van der Waals surface area contributed by atoms with E-state index in [1.807, 2.05) is 0 Å². The number of benzene rings is 3. The molecule has 0 saturated heterocycles. The summed E-state index contributed by atoms with van der Waals surface area (Å²) in [5, 5.41) is 15.0. The van der Waals surface area contributed by atoms with Crippen LogP contribution in [0.3, 0.4) is 0 Å². The van der Waals surface area contributed by atoms with Crippen LogP contribution in [0.2, 0.25) is 0 Å². The summed E-state index contributed by atoms with van der Waals surface area (Å²) in [5.74, 6) is -1.02. The molecule has 2 heterocycles. The van der Waals surface area contributed by atoms with Crippen molar-refractivity contribution >= 4 is 28.9 Å².